The lowest BCUT2D eigenvalue weighted by atomic mass is 9.44. The lowest BCUT2D eigenvalue weighted by Gasteiger charge is -2.63. The third-order valence-electron chi connectivity index (χ3n) is 13.7. The maximum absolute atomic E-state index is 15.0. The van der Waals surface area contributed by atoms with E-state index in [-0.39, 0.29) is 89.3 Å². The first-order valence-corrected chi connectivity index (χ1v) is 21.9. The summed E-state index contributed by atoms with van der Waals surface area (Å²) in [7, 11) is 1.59. The number of methoxy groups -OCH3 is 1. The molecule has 330 valence electrons. The van der Waals surface area contributed by atoms with Gasteiger partial charge in [0.15, 0.2) is 11.6 Å². The average molecular weight is 850 g/mol. The molecule has 2 atom stereocenters. The third-order valence-corrected chi connectivity index (χ3v) is 13.7. The second-order valence-corrected chi connectivity index (χ2v) is 18.9. The topological polar surface area (TPSA) is 124 Å². The Morgan fingerprint density at radius 2 is 1.69 bits per heavy atom. The molecule has 1 aliphatic heterocycles. The molecular formula is C50H60FN3O8. The fourth-order valence-electron chi connectivity index (χ4n) is 10.4. The van der Waals surface area contributed by atoms with Crippen LogP contribution in [0, 0.1) is 34.9 Å². The van der Waals surface area contributed by atoms with Crippen molar-refractivity contribution in [1.29, 1.82) is 0 Å². The van der Waals surface area contributed by atoms with Crippen molar-refractivity contribution in [2.24, 2.45) is 16.7 Å². The minimum absolute atomic E-state index is 0.0146. The van der Waals surface area contributed by atoms with Crippen LogP contribution in [0.25, 0.3) is 0 Å². The highest BCUT2D eigenvalue weighted by Gasteiger charge is 2.63. The Morgan fingerprint density at radius 1 is 1.00 bits per heavy atom. The third kappa shape index (κ3) is 9.40. The number of rotatable bonds is 15. The quantitative estimate of drug-likeness (QED) is 0.0937. The second-order valence-electron chi connectivity index (χ2n) is 18.9. The van der Waals surface area contributed by atoms with Gasteiger partial charge in [0.2, 0.25) is 0 Å². The van der Waals surface area contributed by atoms with Crippen LogP contribution < -0.4 is 24.4 Å². The van der Waals surface area contributed by atoms with Gasteiger partial charge in [0, 0.05) is 91.6 Å². The summed E-state index contributed by atoms with van der Waals surface area (Å²) in [5.74, 6) is 2.60. The van der Waals surface area contributed by atoms with Crippen molar-refractivity contribution in [3.63, 3.8) is 0 Å². The summed E-state index contributed by atoms with van der Waals surface area (Å²) in [6, 6.07) is 17.4. The van der Waals surface area contributed by atoms with E-state index in [1.54, 1.807) is 13.2 Å². The van der Waals surface area contributed by atoms with Gasteiger partial charge in [-0.15, -0.1) is 6.42 Å². The minimum Gasteiger partial charge on any atom is -0.495 e. The zero-order valence-electron chi connectivity index (χ0n) is 37.0. The van der Waals surface area contributed by atoms with Crippen molar-refractivity contribution in [3.05, 3.63) is 83.2 Å². The Labute approximate surface area is 365 Å². The number of terminal acetylenes is 1. The predicted molar refractivity (Wildman–Crippen MR) is 235 cm³/mol. The molecule has 0 spiro atoms. The van der Waals surface area contributed by atoms with Crippen molar-refractivity contribution in [1.82, 2.24) is 10.2 Å². The van der Waals surface area contributed by atoms with Gasteiger partial charge in [-0.25, -0.2) is 4.39 Å². The Bertz CT molecular complexity index is 2190. The van der Waals surface area contributed by atoms with E-state index < -0.39 is 17.8 Å². The Balaban J connectivity index is 0.885. The minimum atomic E-state index is -0.783. The number of anilines is 1. The van der Waals surface area contributed by atoms with Gasteiger partial charge in [-0.1, -0.05) is 33.6 Å². The largest absolute Gasteiger partial charge is 0.495 e. The highest BCUT2D eigenvalue weighted by atomic mass is 19.1. The van der Waals surface area contributed by atoms with Crippen molar-refractivity contribution >= 4 is 28.9 Å². The molecule has 62 heavy (non-hydrogen) atoms. The number of carbonyl (C=O) groups is 4. The molecule has 0 unspecified atom stereocenters. The first-order valence-electron chi connectivity index (χ1n) is 21.9. The van der Waals surface area contributed by atoms with Crippen LogP contribution in [-0.4, -0.2) is 97.9 Å². The first-order chi connectivity index (χ1) is 29.5. The number of benzene rings is 3. The number of halogens is 1. The van der Waals surface area contributed by atoms with Crippen molar-refractivity contribution < 1.29 is 42.5 Å². The summed E-state index contributed by atoms with van der Waals surface area (Å²) in [5, 5.41) is 2.57. The molecule has 12 heteroatoms. The summed E-state index contributed by atoms with van der Waals surface area (Å²) >= 11 is 0. The van der Waals surface area contributed by atoms with Gasteiger partial charge in [-0.3, -0.25) is 24.1 Å². The van der Waals surface area contributed by atoms with Gasteiger partial charge in [0.1, 0.15) is 41.1 Å². The molecule has 3 saturated carbocycles. The van der Waals surface area contributed by atoms with Gasteiger partial charge < -0.3 is 29.2 Å². The van der Waals surface area contributed by atoms with E-state index in [0.29, 0.717) is 41.4 Å². The molecule has 1 amide bonds. The van der Waals surface area contributed by atoms with Crippen molar-refractivity contribution in [2.45, 2.75) is 117 Å². The average Bonchev–Trinajstić information content (AvgIpc) is 3.23. The molecule has 1 saturated heterocycles. The van der Waals surface area contributed by atoms with Crippen LogP contribution in [0.1, 0.15) is 106 Å². The highest BCUT2D eigenvalue weighted by molar-refractivity contribution is 6.06. The molecule has 3 aliphatic carbocycles. The van der Waals surface area contributed by atoms with Gasteiger partial charge in [-0.05, 0) is 74.7 Å². The van der Waals surface area contributed by atoms with Gasteiger partial charge in [-0.2, -0.15) is 0 Å². The fourth-order valence-corrected chi connectivity index (χ4v) is 10.4. The molecule has 7 rings (SSSR count). The highest BCUT2D eigenvalue weighted by Crippen LogP contribution is 2.62. The SMILES string of the molecule is C#Cc1ccc(OC2C(C)(C)C(CC(=O)c3ccc(N4CCO[C@H](CN(C(C)C)C5CC(Oc6ccc(C(=O)N[C@H]7CCC(=O)CC7=O)c(F)c6)C5)C4)cc3)C2(C)C)cc1OC. The molecule has 4 fully saturated rings. The molecule has 4 aliphatic rings. The molecule has 0 bridgehead atoms. The van der Waals surface area contributed by atoms with E-state index in [0.717, 1.165) is 38.2 Å². The smallest absolute Gasteiger partial charge is 0.254 e. The number of amides is 1. The molecule has 3 aromatic rings. The monoisotopic (exact) mass is 849 g/mol. The van der Waals surface area contributed by atoms with Gasteiger partial charge in [0.05, 0.1) is 43.4 Å². The molecule has 11 nitrogen and oxygen atoms in total. The van der Waals surface area contributed by atoms with E-state index in [1.807, 2.05) is 42.5 Å². The lowest BCUT2D eigenvalue weighted by Crippen LogP contribution is -2.66. The van der Waals surface area contributed by atoms with E-state index in [2.05, 4.69) is 62.6 Å². The number of nitrogens with one attached hydrogen (secondary N) is 1. The molecule has 0 aromatic heterocycles. The first kappa shape index (κ1) is 44.8. The number of ketones is 3. The molecular weight excluding hydrogens is 790 g/mol. The van der Waals surface area contributed by atoms with E-state index in [1.165, 1.54) is 12.1 Å². The van der Waals surface area contributed by atoms with Crippen LogP contribution in [0.2, 0.25) is 0 Å². The number of hydrogen-bond acceptors (Lipinski definition) is 10. The second kappa shape index (κ2) is 18.2. The summed E-state index contributed by atoms with van der Waals surface area (Å²) < 4.78 is 39.4. The summed E-state index contributed by atoms with van der Waals surface area (Å²) in [6.07, 6.45) is 7.61. The van der Waals surface area contributed by atoms with E-state index in [4.69, 9.17) is 25.4 Å². The van der Waals surface area contributed by atoms with Crippen LogP contribution in [0.5, 0.6) is 17.2 Å². The summed E-state index contributed by atoms with van der Waals surface area (Å²) in [6.45, 7) is 15.9. The standard InChI is InChI=1S/C50H60FN3O8/c1-9-31-12-16-37(26-45(31)59-8)62-48-49(4,5)46(50(48,6)7)27-43(56)32-10-13-33(14-11-32)53-20-21-60-39(28-53)29-54(30(2)3)34-22-38(23-34)61-36-17-18-40(41(51)25-36)47(58)52-42-19-15-35(55)24-44(42)57/h1,10-14,16-18,25-26,30,34,38-39,42,46,48H,15,19-24,27-29H2,2-8H3,(H,52,58)/t34?,38?,39-,42-,46?,48?/m0/s1. The maximum atomic E-state index is 15.0. The number of morpholine rings is 1. The summed E-state index contributed by atoms with van der Waals surface area (Å²) in [4.78, 5) is 54.9. The number of Topliss-reactive ketones (excluding diaryl/α,β-unsaturated/α-hetero) is 3. The zero-order valence-corrected chi connectivity index (χ0v) is 37.0. The normalized spacial score (nSPS) is 25.3. The van der Waals surface area contributed by atoms with Crippen molar-refractivity contribution in [2.75, 3.05) is 38.3 Å². The van der Waals surface area contributed by atoms with Crippen LogP contribution in [0.4, 0.5) is 10.1 Å². The Kier molecular flexibility index (Phi) is 13.2. The molecule has 1 heterocycles. The predicted octanol–water partition coefficient (Wildman–Crippen LogP) is 7.46. The lowest BCUT2D eigenvalue weighted by molar-refractivity contribution is -0.196. The van der Waals surface area contributed by atoms with Crippen LogP contribution in [0.3, 0.4) is 0 Å². The zero-order chi connectivity index (χ0) is 44.5. The maximum Gasteiger partial charge on any atom is 0.254 e. The number of carbonyl (C=O) groups excluding carboxylic acids is 4. The fraction of sp³-hybridized carbons (Fsp3) is 0.520. The van der Waals surface area contributed by atoms with Crippen LogP contribution in [-0.2, 0) is 14.3 Å². The summed E-state index contributed by atoms with van der Waals surface area (Å²) in [5.41, 5.74) is 1.78. The number of hydrogen-bond donors (Lipinski definition) is 1. The van der Waals surface area contributed by atoms with Crippen LogP contribution in [0.15, 0.2) is 60.7 Å². The Morgan fingerprint density at radius 3 is 2.34 bits per heavy atom. The Hall–Kier alpha value is -5.25. The van der Waals surface area contributed by atoms with E-state index in [9.17, 15) is 19.2 Å². The van der Waals surface area contributed by atoms with E-state index >= 15 is 4.39 Å². The molecule has 1 N–H and O–H groups in total. The van der Waals surface area contributed by atoms with Crippen LogP contribution >= 0.6 is 0 Å². The van der Waals surface area contributed by atoms with Gasteiger partial charge >= 0.3 is 0 Å². The number of ether oxygens (including phenoxy) is 4. The molecule has 0 radical (unpaired) electrons. The van der Waals surface area contributed by atoms with Crippen molar-refractivity contribution in [3.8, 4) is 29.6 Å². The van der Waals surface area contributed by atoms with Gasteiger partial charge in [0.25, 0.3) is 5.91 Å². The molecule has 3 aromatic carbocycles. The number of nitrogens with zero attached hydrogens (tertiary/aromatic N) is 2.